The highest BCUT2D eigenvalue weighted by atomic mass is 16.2. The van der Waals surface area contributed by atoms with Crippen LogP contribution in [0, 0.1) is 0 Å². The number of benzene rings is 1. The van der Waals surface area contributed by atoms with E-state index in [0.29, 0.717) is 5.69 Å². The third-order valence-electron chi connectivity index (χ3n) is 3.29. The van der Waals surface area contributed by atoms with Crippen LogP contribution in [0.25, 0.3) is 0 Å². The second kappa shape index (κ2) is 4.78. The molecule has 2 amide bonds. The average molecular weight is 247 g/mol. The lowest BCUT2D eigenvalue weighted by Gasteiger charge is -2.36. The molecular formula is C13H17N3O2. The molecule has 96 valence electrons. The van der Waals surface area contributed by atoms with Crippen molar-refractivity contribution in [1.29, 1.82) is 0 Å². The van der Waals surface area contributed by atoms with Gasteiger partial charge in [0.2, 0.25) is 11.8 Å². The predicted molar refractivity (Wildman–Crippen MR) is 68.7 cm³/mol. The number of rotatable bonds is 4. The lowest BCUT2D eigenvalue weighted by Crippen LogP contribution is -2.56. The van der Waals surface area contributed by atoms with Crippen LogP contribution < -0.4 is 16.8 Å². The number of amides is 2. The predicted octanol–water partition coefficient (Wildman–Crippen LogP) is 0.534. The molecule has 0 saturated heterocycles. The van der Waals surface area contributed by atoms with Crippen LogP contribution in [-0.2, 0) is 16.0 Å². The number of hydrogen-bond donors (Lipinski definition) is 3. The Kier molecular flexibility index (Phi) is 3.34. The molecule has 0 bridgehead atoms. The van der Waals surface area contributed by atoms with E-state index in [9.17, 15) is 9.59 Å². The number of primary amides is 1. The van der Waals surface area contributed by atoms with Crippen LogP contribution in [0.2, 0.25) is 0 Å². The summed E-state index contributed by atoms with van der Waals surface area (Å²) in [6.45, 7) is 0. The van der Waals surface area contributed by atoms with Crippen LogP contribution in [-0.4, -0.2) is 17.4 Å². The molecule has 5 heteroatoms. The van der Waals surface area contributed by atoms with Gasteiger partial charge in [-0.05, 0) is 37.0 Å². The van der Waals surface area contributed by atoms with Crippen LogP contribution in [0.4, 0.5) is 5.69 Å². The number of nitrogens with two attached hydrogens (primary N) is 2. The Hall–Kier alpha value is -1.88. The summed E-state index contributed by atoms with van der Waals surface area (Å²) in [7, 11) is 0. The van der Waals surface area contributed by atoms with Gasteiger partial charge in [0, 0.05) is 5.69 Å². The van der Waals surface area contributed by atoms with Gasteiger partial charge in [-0.25, -0.2) is 0 Å². The van der Waals surface area contributed by atoms with Gasteiger partial charge < -0.3 is 16.8 Å². The normalized spacial score (nSPS) is 16.7. The fourth-order valence-corrected chi connectivity index (χ4v) is 1.95. The van der Waals surface area contributed by atoms with Crippen molar-refractivity contribution in [2.24, 2.45) is 11.5 Å². The molecule has 5 N–H and O–H groups in total. The van der Waals surface area contributed by atoms with Crippen molar-refractivity contribution in [2.45, 2.75) is 31.2 Å². The zero-order valence-corrected chi connectivity index (χ0v) is 10.1. The van der Waals surface area contributed by atoms with Gasteiger partial charge in [0.1, 0.15) is 0 Å². The summed E-state index contributed by atoms with van der Waals surface area (Å²) in [6, 6.07) is 7.03. The summed E-state index contributed by atoms with van der Waals surface area (Å²) in [5.41, 5.74) is 11.8. The van der Waals surface area contributed by atoms with E-state index in [1.807, 2.05) is 0 Å². The van der Waals surface area contributed by atoms with Gasteiger partial charge in [-0.2, -0.15) is 0 Å². The average Bonchev–Trinajstić information content (AvgIpc) is 2.28. The molecule has 1 aliphatic carbocycles. The van der Waals surface area contributed by atoms with Crippen molar-refractivity contribution in [1.82, 2.24) is 0 Å². The minimum absolute atomic E-state index is 0.142. The molecule has 1 fully saturated rings. The molecule has 1 aliphatic rings. The summed E-state index contributed by atoms with van der Waals surface area (Å²) >= 11 is 0. The molecule has 1 aromatic carbocycles. The maximum Gasteiger partial charge on any atom is 0.244 e. The minimum atomic E-state index is -0.702. The first kappa shape index (κ1) is 12.6. The molecule has 0 unspecified atom stereocenters. The van der Waals surface area contributed by atoms with Gasteiger partial charge in [0.25, 0.3) is 0 Å². The van der Waals surface area contributed by atoms with Crippen molar-refractivity contribution < 1.29 is 9.59 Å². The Morgan fingerprint density at radius 1 is 1.22 bits per heavy atom. The topological polar surface area (TPSA) is 98.2 Å². The van der Waals surface area contributed by atoms with E-state index in [1.165, 1.54) is 0 Å². The number of anilines is 1. The fraction of sp³-hybridized carbons (Fsp3) is 0.385. The summed E-state index contributed by atoms with van der Waals surface area (Å²) in [6.07, 6.45) is 2.67. The van der Waals surface area contributed by atoms with Crippen LogP contribution >= 0.6 is 0 Å². The van der Waals surface area contributed by atoms with E-state index in [2.05, 4.69) is 5.32 Å². The Balaban J connectivity index is 1.97. The Morgan fingerprint density at radius 3 is 2.28 bits per heavy atom. The third kappa shape index (κ3) is 2.68. The molecule has 0 aromatic heterocycles. The lowest BCUT2D eigenvalue weighted by molar-refractivity contribution is -0.123. The molecule has 2 rings (SSSR count). The van der Waals surface area contributed by atoms with E-state index >= 15 is 0 Å². The standard InChI is InChI=1S/C13H17N3O2/c14-11(17)8-9-2-4-10(5-3-9)16-12(18)13(15)6-1-7-13/h2-5H,1,6-8,15H2,(H2,14,17)(H,16,18). The van der Waals surface area contributed by atoms with E-state index < -0.39 is 5.54 Å². The van der Waals surface area contributed by atoms with E-state index in [0.717, 1.165) is 24.8 Å². The molecule has 1 aromatic rings. The van der Waals surface area contributed by atoms with Crippen LogP contribution in [0.1, 0.15) is 24.8 Å². The zero-order chi connectivity index (χ0) is 13.2. The van der Waals surface area contributed by atoms with Crippen molar-refractivity contribution in [3.05, 3.63) is 29.8 Å². The molecule has 0 heterocycles. The SMILES string of the molecule is NC(=O)Cc1ccc(NC(=O)C2(N)CCC2)cc1. The monoisotopic (exact) mass is 247 g/mol. The highest BCUT2D eigenvalue weighted by Crippen LogP contribution is 2.30. The van der Waals surface area contributed by atoms with Crippen LogP contribution in [0.3, 0.4) is 0 Å². The maximum absolute atomic E-state index is 11.9. The smallest absolute Gasteiger partial charge is 0.244 e. The number of hydrogen-bond acceptors (Lipinski definition) is 3. The molecule has 0 atom stereocenters. The summed E-state index contributed by atoms with van der Waals surface area (Å²) < 4.78 is 0. The van der Waals surface area contributed by atoms with Crippen molar-refractivity contribution in [3.63, 3.8) is 0 Å². The molecule has 18 heavy (non-hydrogen) atoms. The van der Waals surface area contributed by atoms with Gasteiger partial charge >= 0.3 is 0 Å². The van der Waals surface area contributed by atoms with Crippen molar-refractivity contribution in [2.75, 3.05) is 5.32 Å². The molecule has 5 nitrogen and oxygen atoms in total. The Labute approximate surface area is 106 Å². The Bertz CT molecular complexity index is 464. The first-order chi connectivity index (χ1) is 8.49. The van der Waals surface area contributed by atoms with Gasteiger partial charge in [-0.15, -0.1) is 0 Å². The second-order valence-electron chi connectivity index (χ2n) is 4.80. The quantitative estimate of drug-likeness (QED) is 0.724. The maximum atomic E-state index is 11.9. The van der Waals surface area contributed by atoms with Gasteiger partial charge in [0.15, 0.2) is 0 Å². The first-order valence-electron chi connectivity index (χ1n) is 5.97. The number of carbonyl (C=O) groups excluding carboxylic acids is 2. The van der Waals surface area contributed by atoms with Crippen LogP contribution in [0.15, 0.2) is 24.3 Å². The van der Waals surface area contributed by atoms with Gasteiger partial charge in [-0.1, -0.05) is 12.1 Å². The van der Waals surface area contributed by atoms with Gasteiger partial charge in [-0.3, -0.25) is 9.59 Å². The molecule has 1 saturated carbocycles. The lowest BCUT2D eigenvalue weighted by atomic mass is 9.77. The first-order valence-corrected chi connectivity index (χ1v) is 5.97. The Morgan fingerprint density at radius 2 is 1.83 bits per heavy atom. The molecule has 0 aliphatic heterocycles. The number of nitrogens with one attached hydrogen (secondary N) is 1. The van der Waals surface area contributed by atoms with E-state index in [1.54, 1.807) is 24.3 Å². The van der Waals surface area contributed by atoms with E-state index in [4.69, 9.17) is 11.5 Å². The van der Waals surface area contributed by atoms with Crippen molar-refractivity contribution in [3.8, 4) is 0 Å². The van der Waals surface area contributed by atoms with Crippen LogP contribution in [0.5, 0.6) is 0 Å². The third-order valence-corrected chi connectivity index (χ3v) is 3.29. The summed E-state index contributed by atoms with van der Waals surface area (Å²) in [4.78, 5) is 22.6. The minimum Gasteiger partial charge on any atom is -0.369 e. The highest BCUT2D eigenvalue weighted by molar-refractivity contribution is 5.98. The van der Waals surface area contributed by atoms with Gasteiger partial charge in [0.05, 0.1) is 12.0 Å². The molecule has 0 spiro atoms. The highest BCUT2D eigenvalue weighted by Gasteiger charge is 2.40. The van der Waals surface area contributed by atoms with E-state index in [-0.39, 0.29) is 18.2 Å². The number of carbonyl (C=O) groups is 2. The molecule has 0 radical (unpaired) electrons. The summed E-state index contributed by atoms with van der Waals surface area (Å²) in [5, 5.41) is 2.78. The molecular weight excluding hydrogens is 230 g/mol. The zero-order valence-electron chi connectivity index (χ0n) is 10.1. The second-order valence-corrected chi connectivity index (χ2v) is 4.80. The largest absolute Gasteiger partial charge is 0.369 e. The summed E-state index contributed by atoms with van der Waals surface area (Å²) in [5.74, 6) is -0.515. The van der Waals surface area contributed by atoms with Crippen molar-refractivity contribution >= 4 is 17.5 Å². The fourth-order valence-electron chi connectivity index (χ4n) is 1.95.